The molecule has 0 bridgehead atoms. The summed E-state index contributed by atoms with van der Waals surface area (Å²) in [5.74, 6) is -0.194. The van der Waals surface area contributed by atoms with E-state index in [0.29, 0.717) is 13.0 Å². The highest BCUT2D eigenvalue weighted by Gasteiger charge is 2.19. The van der Waals surface area contributed by atoms with Crippen molar-refractivity contribution in [3.63, 3.8) is 0 Å². The van der Waals surface area contributed by atoms with Gasteiger partial charge in [0.25, 0.3) is 0 Å². The number of rotatable bonds is 6. The van der Waals surface area contributed by atoms with E-state index in [9.17, 15) is 14.7 Å². The van der Waals surface area contributed by atoms with Gasteiger partial charge in [0, 0.05) is 26.6 Å². The van der Waals surface area contributed by atoms with Crippen molar-refractivity contribution in [1.82, 2.24) is 10.2 Å². The second-order valence-electron chi connectivity index (χ2n) is 4.54. The van der Waals surface area contributed by atoms with Crippen molar-refractivity contribution in [3.8, 4) is 0 Å². The molecule has 0 aromatic carbocycles. The number of nitrogens with one attached hydrogen (secondary N) is 1. The lowest BCUT2D eigenvalue weighted by atomic mass is 10.2. The van der Waals surface area contributed by atoms with Gasteiger partial charge in [-0.05, 0) is 12.8 Å². The summed E-state index contributed by atoms with van der Waals surface area (Å²) in [5.41, 5.74) is 0. The van der Waals surface area contributed by atoms with Gasteiger partial charge >= 0.3 is 0 Å². The van der Waals surface area contributed by atoms with Crippen LogP contribution in [0.3, 0.4) is 0 Å². The first-order chi connectivity index (χ1) is 8.63. The molecule has 0 radical (unpaired) electrons. The number of carbonyl (C=O) groups excluding carboxylic acids is 2. The fourth-order valence-corrected chi connectivity index (χ4v) is 1.92. The van der Waals surface area contributed by atoms with E-state index >= 15 is 0 Å². The molecule has 0 aromatic rings. The first kappa shape index (κ1) is 14.9. The summed E-state index contributed by atoms with van der Waals surface area (Å²) in [4.78, 5) is 24.9. The van der Waals surface area contributed by atoms with Crippen LogP contribution in [0.15, 0.2) is 0 Å². The third-order valence-electron chi connectivity index (χ3n) is 2.90. The normalized spacial score (nSPS) is 18.3. The highest BCUT2D eigenvalue weighted by Crippen LogP contribution is 2.10. The van der Waals surface area contributed by atoms with Crippen LogP contribution >= 0.6 is 0 Å². The predicted molar refractivity (Wildman–Crippen MR) is 65.9 cm³/mol. The van der Waals surface area contributed by atoms with Crippen molar-refractivity contribution in [2.24, 2.45) is 0 Å². The number of ether oxygens (including phenoxy) is 1. The molecule has 0 aliphatic carbocycles. The Kier molecular flexibility index (Phi) is 6.67. The molecule has 1 heterocycles. The number of amides is 2. The summed E-state index contributed by atoms with van der Waals surface area (Å²) < 4.78 is 4.75. The molecule has 0 aromatic heterocycles. The Morgan fingerprint density at radius 1 is 1.50 bits per heavy atom. The van der Waals surface area contributed by atoms with Crippen LogP contribution in [0.1, 0.15) is 25.7 Å². The van der Waals surface area contributed by atoms with Crippen LogP contribution in [-0.4, -0.2) is 61.3 Å². The molecule has 0 saturated carbocycles. The molecular formula is C12H22N2O4. The monoisotopic (exact) mass is 258 g/mol. The minimum Gasteiger partial charge on any atom is -0.389 e. The van der Waals surface area contributed by atoms with E-state index in [1.54, 1.807) is 4.90 Å². The number of methoxy groups -OCH3 is 1. The van der Waals surface area contributed by atoms with E-state index in [1.165, 1.54) is 7.11 Å². The average molecular weight is 258 g/mol. The molecular weight excluding hydrogens is 236 g/mol. The van der Waals surface area contributed by atoms with E-state index in [2.05, 4.69) is 5.32 Å². The zero-order valence-electron chi connectivity index (χ0n) is 10.9. The van der Waals surface area contributed by atoms with Crippen LogP contribution in [0, 0.1) is 0 Å². The van der Waals surface area contributed by atoms with Crippen molar-refractivity contribution in [2.45, 2.75) is 31.8 Å². The highest BCUT2D eigenvalue weighted by molar-refractivity contribution is 5.84. The van der Waals surface area contributed by atoms with Gasteiger partial charge in [-0.3, -0.25) is 9.59 Å². The molecule has 1 unspecified atom stereocenters. The second-order valence-corrected chi connectivity index (χ2v) is 4.54. The number of aliphatic hydroxyl groups is 1. The average Bonchev–Trinajstić information content (AvgIpc) is 2.53. The van der Waals surface area contributed by atoms with Gasteiger partial charge in [-0.25, -0.2) is 0 Å². The van der Waals surface area contributed by atoms with Gasteiger partial charge in [-0.2, -0.15) is 0 Å². The smallest absolute Gasteiger partial charge is 0.239 e. The molecule has 2 N–H and O–H groups in total. The number of hydrogen-bond acceptors (Lipinski definition) is 4. The lowest BCUT2D eigenvalue weighted by molar-refractivity contribution is -0.135. The number of hydrogen-bond donors (Lipinski definition) is 2. The Bertz CT molecular complexity index is 283. The van der Waals surface area contributed by atoms with Gasteiger partial charge < -0.3 is 20.1 Å². The maximum atomic E-state index is 11.7. The predicted octanol–water partition coefficient (Wildman–Crippen LogP) is -0.487. The van der Waals surface area contributed by atoms with Gasteiger partial charge in [-0.1, -0.05) is 6.42 Å². The van der Waals surface area contributed by atoms with Gasteiger partial charge in [-0.15, -0.1) is 0 Å². The highest BCUT2D eigenvalue weighted by atomic mass is 16.5. The summed E-state index contributed by atoms with van der Waals surface area (Å²) in [7, 11) is 1.49. The molecule has 1 aliphatic rings. The van der Waals surface area contributed by atoms with Gasteiger partial charge in [0.2, 0.25) is 11.8 Å². The quantitative estimate of drug-likeness (QED) is 0.674. The lowest BCUT2D eigenvalue weighted by Gasteiger charge is -2.20. The molecule has 1 atom stereocenters. The molecule has 1 fully saturated rings. The molecule has 1 rings (SSSR count). The molecule has 6 heteroatoms. The minimum atomic E-state index is -0.709. The van der Waals surface area contributed by atoms with E-state index < -0.39 is 6.10 Å². The Morgan fingerprint density at radius 3 is 3.00 bits per heavy atom. The maximum absolute atomic E-state index is 11.7. The van der Waals surface area contributed by atoms with E-state index in [1.807, 2.05) is 0 Å². The zero-order chi connectivity index (χ0) is 13.4. The molecule has 1 saturated heterocycles. The molecule has 2 amide bonds. The fourth-order valence-electron chi connectivity index (χ4n) is 1.92. The molecule has 104 valence electrons. The summed E-state index contributed by atoms with van der Waals surface area (Å²) in [5, 5.41) is 12.0. The van der Waals surface area contributed by atoms with Gasteiger partial charge in [0.05, 0.1) is 19.3 Å². The van der Waals surface area contributed by atoms with Crippen LogP contribution in [0.5, 0.6) is 0 Å². The topological polar surface area (TPSA) is 78.9 Å². The van der Waals surface area contributed by atoms with Crippen LogP contribution in [0.25, 0.3) is 0 Å². The van der Waals surface area contributed by atoms with Crippen molar-refractivity contribution < 1.29 is 19.4 Å². The Balaban J connectivity index is 2.27. The lowest BCUT2D eigenvalue weighted by Crippen LogP contribution is -2.43. The standard InChI is InChI=1S/C12H22N2O4/c1-18-9-10(15)7-13-11(16)8-14-6-4-2-3-5-12(14)17/h10,15H,2-9H2,1H3,(H,13,16). The Labute approximate surface area is 107 Å². The van der Waals surface area contributed by atoms with Crippen LogP contribution in [-0.2, 0) is 14.3 Å². The van der Waals surface area contributed by atoms with Crippen LogP contribution in [0.2, 0.25) is 0 Å². The fraction of sp³-hybridized carbons (Fsp3) is 0.833. The Hall–Kier alpha value is -1.14. The van der Waals surface area contributed by atoms with Crippen molar-refractivity contribution in [1.29, 1.82) is 0 Å². The third-order valence-corrected chi connectivity index (χ3v) is 2.90. The SMILES string of the molecule is COCC(O)CNC(=O)CN1CCCCCC1=O. The van der Waals surface area contributed by atoms with Gasteiger partial charge in [0.15, 0.2) is 0 Å². The summed E-state index contributed by atoms with van der Waals surface area (Å²) in [6, 6.07) is 0. The number of aliphatic hydroxyl groups excluding tert-OH is 1. The number of carbonyl (C=O) groups is 2. The first-order valence-corrected chi connectivity index (χ1v) is 6.35. The largest absolute Gasteiger partial charge is 0.389 e. The second kappa shape index (κ2) is 8.05. The maximum Gasteiger partial charge on any atom is 0.239 e. The van der Waals surface area contributed by atoms with E-state index in [-0.39, 0.29) is 31.5 Å². The number of nitrogens with zero attached hydrogens (tertiary/aromatic N) is 1. The van der Waals surface area contributed by atoms with Crippen LogP contribution < -0.4 is 5.32 Å². The van der Waals surface area contributed by atoms with Crippen LogP contribution in [0.4, 0.5) is 0 Å². The minimum absolute atomic E-state index is 0.0417. The number of likely N-dealkylation sites (tertiary alicyclic amines) is 1. The molecule has 18 heavy (non-hydrogen) atoms. The van der Waals surface area contributed by atoms with Crippen molar-refractivity contribution in [3.05, 3.63) is 0 Å². The van der Waals surface area contributed by atoms with Crippen molar-refractivity contribution >= 4 is 11.8 Å². The van der Waals surface area contributed by atoms with Gasteiger partial charge in [0.1, 0.15) is 0 Å². The zero-order valence-corrected chi connectivity index (χ0v) is 10.9. The van der Waals surface area contributed by atoms with E-state index in [0.717, 1.165) is 19.3 Å². The summed E-state index contributed by atoms with van der Waals surface area (Å²) in [6.45, 7) is 1.06. The first-order valence-electron chi connectivity index (χ1n) is 6.35. The van der Waals surface area contributed by atoms with Crippen molar-refractivity contribution in [2.75, 3.05) is 33.4 Å². The summed E-state index contributed by atoms with van der Waals surface area (Å²) in [6.07, 6.45) is 2.71. The third kappa shape index (κ3) is 5.46. The molecule has 0 spiro atoms. The molecule has 6 nitrogen and oxygen atoms in total. The summed E-state index contributed by atoms with van der Waals surface area (Å²) >= 11 is 0. The molecule has 1 aliphatic heterocycles. The Morgan fingerprint density at radius 2 is 2.28 bits per heavy atom. The van der Waals surface area contributed by atoms with E-state index in [4.69, 9.17) is 4.74 Å².